The van der Waals surface area contributed by atoms with Crippen molar-refractivity contribution in [2.75, 3.05) is 11.9 Å². The summed E-state index contributed by atoms with van der Waals surface area (Å²) in [6, 6.07) is 11.0. The van der Waals surface area contributed by atoms with Crippen molar-refractivity contribution in [2.24, 2.45) is 0 Å². The third-order valence-corrected chi connectivity index (χ3v) is 5.44. The molecule has 1 saturated carbocycles. The minimum absolute atomic E-state index is 0.141. The normalized spacial score (nSPS) is 14.4. The number of anilines is 1. The summed E-state index contributed by atoms with van der Waals surface area (Å²) in [5, 5.41) is 12.8. The summed E-state index contributed by atoms with van der Waals surface area (Å²) in [5.41, 5.74) is 2.42. The number of amides is 1. The third kappa shape index (κ3) is 6.11. The number of halogens is 2. The number of nitrogens with zero attached hydrogens (tertiary/aromatic N) is 1. The van der Waals surface area contributed by atoms with Gasteiger partial charge in [-0.15, -0.1) is 0 Å². The first-order valence-corrected chi connectivity index (χ1v) is 10.5. The molecule has 3 rings (SSSR count). The van der Waals surface area contributed by atoms with Gasteiger partial charge in [-0.3, -0.25) is 9.69 Å². The highest BCUT2D eigenvalue weighted by Gasteiger charge is 2.30. The van der Waals surface area contributed by atoms with Crippen molar-refractivity contribution in [1.82, 2.24) is 4.90 Å². The van der Waals surface area contributed by atoms with E-state index in [0.717, 1.165) is 24.0 Å². The first kappa shape index (κ1) is 22.4. The van der Waals surface area contributed by atoms with Gasteiger partial charge in [0.15, 0.2) is 6.10 Å². The van der Waals surface area contributed by atoms with Crippen molar-refractivity contribution >= 4 is 40.8 Å². The van der Waals surface area contributed by atoms with E-state index in [0.29, 0.717) is 34.1 Å². The van der Waals surface area contributed by atoms with Crippen molar-refractivity contribution in [1.29, 1.82) is 0 Å². The second kappa shape index (κ2) is 9.69. The van der Waals surface area contributed by atoms with Crippen LogP contribution in [-0.2, 0) is 16.1 Å². The molecular formula is C22H24Cl2N2O4. The molecule has 0 heterocycles. The molecule has 30 heavy (non-hydrogen) atoms. The van der Waals surface area contributed by atoms with E-state index in [9.17, 15) is 9.59 Å². The zero-order chi connectivity index (χ0) is 21.8. The van der Waals surface area contributed by atoms with E-state index in [4.69, 9.17) is 33.0 Å². The summed E-state index contributed by atoms with van der Waals surface area (Å²) in [4.78, 5) is 25.7. The van der Waals surface area contributed by atoms with Crippen molar-refractivity contribution < 1.29 is 19.4 Å². The van der Waals surface area contributed by atoms with Gasteiger partial charge in [0.25, 0.3) is 0 Å². The molecule has 6 nitrogen and oxygen atoms in total. The van der Waals surface area contributed by atoms with Crippen LogP contribution in [0.15, 0.2) is 36.4 Å². The Balaban J connectivity index is 1.63. The van der Waals surface area contributed by atoms with Gasteiger partial charge in [-0.05, 0) is 62.1 Å². The Hall–Kier alpha value is -2.28. The molecule has 1 aliphatic carbocycles. The molecule has 2 N–H and O–H groups in total. The lowest BCUT2D eigenvalue weighted by molar-refractivity contribution is -0.144. The fourth-order valence-corrected chi connectivity index (χ4v) is 3.59. The van der Waals surface area contributed by atoms with E-state index in [1.807, 2.05) is 19.1 Å². The molecule has 160 valence electrons. The number of aliphatic carboxylic acids is 1. The van der Waals surface area contributed by atoms with Gasteiger partial charge >= 0.3 is 5.97 Å². The molecular weight excluding hydrogens is 427 g/mol. The van der Waals surface area contributed by atoms with Crippen molar-refractivity contribution in [3.63, 3.8) is 0 Å². The van der Waals surface area contributed by atoms with Crippen LogP contribution in [0.4, 0.5) is 5.69 Å². The Morgan fingerprint density at radius 1 is 1.23 bits per heavy atom. The van der Waals surface area contributed by atoms with Gasteiger partial charge in [-0.25, -0.2) is 4.79 Å². The molecule has 1 unspecified atom stereocenters. The van der Waals surface area contributed by atoms with E-state index in [-0.39, 0.29) is 12.5 Å². The lowest BCUT2D eigenvalue weighted by atomic mass is 10.1. The molecule has 2 aromatic carbocycles. The van der Waals surface area contributed by atoms with Crippen LogP contribution in [0, 0.1) is 6.92 Å². The van der Waals surface area contributed by atoms with Crippen molar-refractivity contribution in [3.05, 3.63) is 57.6 Å². The van der Waals surface area contributed by atoms with Gasteiger partial charge in [0.1, 0.15) is 5.75 Å². The number of nitrogens with one attached hydrogen (secondary N) is 1. The maximum absolute atomic E-state index is 12.6. The molecule has 0 saturated heterocycles. The minimum Gasteiger partial charge on any atom is -0.479 e. The van der Waals surface area contributed by atoms with E-state index >= 15 is 0 Å². The standard InChI is InChI=1S/C22H24Cl2N2O4/c1-13-9-15(3-8-20(13)30-14(2)22(28)29)11-26(17-5-6-17)12-21(27)25-19-7-4-16(23)10-18(19)24/h3-4,7-10,14,17H,5-6,11-12H2,1-2H3,(H,25,27)(H,28,29). The second-order valence-corrected chi connectivity index (χ2v) is 8.35. The number of hydrogen-bond acceptors (Lipinski definition) is 4. The van der Waals surface area contributed by atoms with E-state index in [1.54, 1.807) is 24.3 Å². The molecule has 2 aromatic rings. The molecule has 1 aliphatic rings. The average Bonchev–Trinajstić information content (AvgIpc) is 3.51. The summed E-state index contributed by atoms with van der Waals surface area (Å²) in [7, 11) is 0. The van der Waals surface area contributed by atoms with Crippen LogP contribution in [0.2, 0.25) is 10.0 Å². The van der Waals surface area contributed by atoms with Gasteiger partial charge < -0.3 is 15.2 Å². The number of carbonyl (C=O) groups excluding carboxylic acids is 1. The highest BCUT2D eigenvalue weighted by molar-refractivity contribution is 6.36. The summed E-state index contributed by atoms with van der Waals surface area (Å²) in [6.45, 7) is 4.24. The molecule has 0 aliphatic heterocycles. The summed E-state index contributed by atoms with van der Waals surface area (Å²) in [5.74, 6) is -0.606. The lowest BCUT2D eigenvalue weighted by Crippen LogP contribution is -2.34. The van der Waals surface area contributed by atoms with Crippen LogP contribution in [0.5, 0.6) is 5.75 Å². The van der Waals surface area contributed by atoms with Crippen LogP contribution in [0.3, 0.4) is 0 Å². The summed E-state index contributed by atoms with van der Waals surface area (Å²) < 4.78 is 5.48. The van der Waals surface area contributed by atoms with Crippen LogP contribution < -0.4 is 10.1 Å². The molecule has 1 atom stereocenters. The molecule has 8 heteroatoms. The average molecular weight is 451 g/mol. The maximum atomic E-state index is 12.6. The zero-order valence-electron chi connectivity index (χ0n) is 16.8. The largest absolute Gasteiger partial charge is 0.479 e. The maximum Gasteiger partial charge on any atom is 0.344 e. The second-order valence-electron chi connectivity index (χ2n) is 7.51. The first-order valence-electron chi connectivity index (χ1n) is 9.71. The van der Waals surface area contributed by atoms with Gasteiger partial charge in [0.2, 0.25) is 5.91 Å². The van der Waals surface area contributed by atoms with Gasteiger partial charge in [-0.1, -0.05) is 35.3 Å². The Kier molecular flexibility index (Phi) is 7.23. The number of carboxylic acids is 1. The van der Waals surface area contributed by atoms with Crippen LogP contribution in [0.25, 0.3) is 0 Å². The van der Waals surface area contributed by atoms with Gasteiger partial charge in [0, 0.05) is 17.6 Å². The Morgan fingerprint density at radius 3 is 2.57 bits per heavy atom. The van der Waals surface area contributed by atoms with Crippen LogP contribution in [-0.4, -0.2) is 40.6 Å². The number of benzene rings is 2. The van der Waals surface area contributed by atoms with E-state index in [1.165, 1.54) is 6.92 Å². The number of carbonyl (C=O) groups is 2. The van der Waals surface area contributed by atoms with Gasteiger partial charge in [0.05, 0.1) is 17.3 Å². The lowest BCUT2D eigenvalue weighted by Gasteiger charge is -2.22. The highest BCUT2D eigenvalue weighted by atomic mass is 35.5. The predicted molar refractivity (Wildman–Crippen MR) is 117 cm³/mol. The fourth-order valence-electron chi connectivity index (χ4n) is 3.14. The molecule has 0 spiro atoms. The minimum atomic E-state index is -1.01. The van der Waals surface area contributed by atoms with E-state index < -0.39 is 12.1 Å². The van der Waals surface area contributed by atoms with Crippen molar-refractivity contribution in [3.8, 4) is 5.75 Å². The molecule has 0 radical (unpaired) electrons. The van der Waals surface area contributed by atoms with Crippen LogP contribution >= 0.6 is 23.2 Å². The number of carboxylic acid groups (broad SMARTS) is 1. The fraction of sp³-hybridized carbons (Fsp3) is 0.364. The van der Waals surface area contributed by atoms with Crippen LogP contribution in [0.1, 0.15) is 30.9 Å². The highest BCUT2D eigenvalue weighted by Crippen LogP contribution is 2.30. The monoisotopic (exact) mass is 450 g/mol. The SMILES string of the molecule is Cc1cc(CN(CC(=O)Nc2ccc(Cl)cc2Cl)C2CC2)ccc1OC(C)C(=O)O. The molecule has 0 aromatic heterocycles. The molecule has 1 fully saturated rings. The molecule has 0 bridgehead atoms. The third-order valence-electron chi connectivity index (χ3n) is 4.89. The van der Waals surface area contributed by atoms with Crippen molar-refractivity contribution in [2.45, 2.75) is 45.4 Å². The Bertz CT molecular complexity index is 947. The number of hydrogen-bond donors (Lipinski definition) is 2. The summed E-state index contributed by atoms with van der Waals surface area (Å²) >= 11 is 12.0. The number of ether oxygens (including phenoxy) is 1. The number of aryl methyl sites for hydroxylation is 1. The summed E-state index contributed by atoms with van der Waals surface area (Å²) in [6.07, 6.45) is 1.21. The first-order chi connectivity index (χ1) is 14.2. The predicted octanol–water partition coefficient (Wildman–Crippen LogP) is 4.76. The Labute approximate surface area is 185 Å². The quantitative estimate of drug-likeness (QED) is 0.575. The van der Waals surface area contributed by atoms with E-state index in [2.05, 4.69) is 10.2 Å². The topological polar surface area (TPSA) is 78.9 Å². The zero-order valence-corrected chi connectivity index (χ0v) is 18.3. The van der Waals surface area contributed by atoms with Gasteiger partial charge in [-0.2, -0.15) is 0 Å². The molecule has 1 amide bonds. The smallest absolute Gasteiger partial charge is 0.344 e. The Morgan fingerprint density at radius 2 is 1.97 bits per heavy atom. The number of rotatable bonds is 9.